The number of nitrogens with zero attached hydrogens (tertiary/aromatic N) is 3. The molecule has 13 heteroatoms. The van der Waals surface area contributed by atoms with E-state index in [0.29, 0.717) is 17.4 Å². The van der Waals surface area contributed by atoms with Crippen LogP contribution < -0.4 is 4.72 Å². The summed E-state index contributed by atoms with van der Waals surface area (Å²) >= 11 is 0. The van der Waals surface area contributed by atoms with Crippen molar-refractivity contribution in [3.63, 3.8) is 0 Å². The Labute approximate surface area is 184 Å². The van der Waals surface area contributed by atoms with E-state index in [2.05, 4.69) is 20.2 Å². The molecule has 4 rings (SSSR count). The fourth-order valence-corrected chi connectivity index (χ4v) is 3.62. The number of rotatable bonds is 6. The Hall–Kier alpha value is -4.26. The normalized spacial score (nSPS) is 11.5. The van der Waals surface area contributed by atoms with Gasteiger partial charge in [0.15, 0.2) is 11.5 Å². The maximum absolute atomic E-state index is 14.9. The number of aromatic nitrogens is 4. The highest BCUT2D eigenvalue weighted by atomic mass is 32.2. The fourth-order valence-electron chi connectivity index (χ4n) is 3.06. The number of pyridine rings is 2. The van der Waals surface area contributed by atoms with Crippen LogP contribution in [-0.4, -0.2) is 51.7 Å². The number of hydrogen-bond donors (Lipinski definition) is 3. The summed E-state index contributed by atoms with van der Waals surface area (Å²) < 4.78 is 53.4. The van der Waals surface area contributed by atoms with Gasteiger partial charge in [0.1, 0.15) is 22.9 Å². The minimum absolute atomic E-state index is 0.155. The topological polar surface area (TPSA) is 155 Å². The second kappa shape index (κ2) is 8.02. The lowest BCUT2D eigenvalue weighted by atomic mass is 10.0. The SMILES string of the molecule is CS(=O)(=O)Nc1c(F)ccc(C(=O)c2n[nH]c3ncc(-c4ccc(C(=O)O)nc4)cc23)c1F. The number of sulfonamides is 1. The lowest BCUT2D eigenvalue weighted by Crippen LogP contribution is -2.15. The van der Waals surface area contributed by atoms with Crippen LogP contribution in [0.1, 0.15) is 26.5 Å². The molecule has 0 atom stereocenters. The summed E-state index contributed by atoms with van der Waals surface area (Å²) in [6.07, 6.45) is 3.47. The van der Waals surface area contributed by atoms with E-state index in [-0.39, 0.29) is 22.4 Å². The van der Waals surface area contributed by atoms with Crippen LogP contribution in [0.2, 0.25) is 0 Å². The van der Waals surface area contributed by atoms with E-state index in [4.69, 9.17) is 5.11 Å². The minimum Gasteiger partial charge on any atom is -0.477 e. The van der Waals surface area contributed by atoms with Gasteiger partial charge in [0, 0.05) is 23.5 Å². The van der Waals surface area contributed by atoms with Gasteiger partial charge >= 0.3 is 5.97 Å². The Kier molecular flexibility index (Phi) is 5.33. The zero-order valence-electron chi connectivity index (χ0n) is 16.6. The van der Waals surface area contributed by atoms with Crippen LogP contribution in [0.5, 0.6) is 0 Å². The van der Waals surface area contributed by atoms with Crippen molar-refractivity contribution < 1.29 is 31.9 Å². The zero-order valence-corrected chi connectivity index (χ0v) is 17.4. The molecule has 0 aliphatic rings. The number of H-pyrrole nitrogens is 1. The number of benzene rings is 1. The largest absolute Gasteiger partial charge is 0.477 e. The van der Waals surface area contributed by atoms with E-state index in [9.17, 15) is 26.8 Å². The molecule has 4 aromatic rings. The van der Waals surface area contributed by atoms with Crippen molar-refractivity contribution in [2.45, 2.75) is 0 Å². The summed E-state index contributed by atoms with van der Waals surface area (Å²) in [6, 6.07) is 5.97. The molecule has 33 heavy (non-hydrogen) atoms. The summed E-state index contributed by atoms with van der Waals surface area (Å²) in [6.45, 7) is 0. The number of carbonyl (C=O) groups is 2. The van der Waals surface area contributed by atoms with E-state index >= 15 is 0 Å². The smallest absolute Gasteiger partial charge is 0.354 e. The highest BCUT2D eigenvalue weighted by molar-refractivity contribution is 7.92. The maximum atomic E-state index is 14.9. The number of nitrogens with one attached hydrogen (secondary N) is 2. The first-order chi connectivity index (χ1) is 15.5. The Morgan fingerprint density at radius 2 is 1.79 bits per heavy atom. The Bertz CT molecular complexity index is 1530. The van der Waals surface area contributed by atoms with Gasteiger partial charge in [0.05, 0.1) is 17.2 Å². The Morgan fingerprint density at radius 1 is 1.06 bits per heavy atom. The molecule has 0 unspecified atom stereocenters. The number of fused-ring (bicyclic) bond motifs is 1. The predicted molar refractivity (Wildman–Crippen MR) is 112 cm³/mol. The van der Waals surface area contributed by atoms with E-state index in [0.717, 1.165) is 12.1 Å². The molecular formula is C20H13F2N5O5S. The summed E-state index contributed by atoms with van der Waals surface area (Å²) in [5.74, 6) is -4.71. The van der Waals surface area contributed by atoms with Gasteiger partial charge in [-0.25, -0.2) is 32.0 Å². The highest BCUT2D eigenvalue weighted by Gasteiger charge is 2.25. The number of hydrogen-bond acceptors (Lipinski definition) is 7. The predicted octanol–water partition coefficient (Wildman–Crippen LogP) is 2.60. The van der Waals surface area contributed by atoms with Crippen LogP contribution in [0.4, 0.5) is 14.5 Å². The zero-order chi connectivity index (χ0) is 23.9. The van der Waals surface area contributed by atoms with Crippen molar-refractivity contribution in [3.8, 4) is 11.1 Å². The van der Waals surface area contributed by atoms with Crippen molar-refractivity contribution in [1.29, 1.82) is 0 Å². The van der Waals surface area contributed by atoms with Crippen LogP contribution in [0.15, 0.2) is 42.7 Å². The quantitative estimate of drug-likeness (QED) is 0.361. The summed E-state index contributed by atoms with van der Waals surface area (Å²) in [4.78, 5) is 32.0. The molecule has 0 amide bonds. The van der Waals surface area contributed by atoms with E-state index in [1.165, 1.54) is 30.6 Å². The lowest BCUT2D eigenvalue weighted by Gasteiger charge is -2.09. The van der Waals surface area contributed by atoms with E-state index in [1.807, 2.05) is 0 Å². The number of anilines is 1. The van der Waals surface area contributed by atoms with Crippen LogP contribution in [0, 0.1) is 11.6 Å². The number of aromatic amines is 1. The maximum Gasteiger partial charge on any atom is 0.354 e. The molecule has 1 aromatic carbocycles. The first-order valence-corrected chi connectivity index (χ1v) is 11.0. The highest BCUT2D eigenvalue weighted by Crippen LogP contribution is 2.28. The van der Waals surface area contributed by atoms with Gasteiger partial charge in [-0.2, -0.15) is 5.10 Å². The minimum atomic E-state index is -4.01. The molecule has 0 spiro atoms. The van der Waals surface area contributed by atoms with Gasteiger partial charge in [-0.15, -0.1) is 0 Å². The molecule has 0 bridgehead atoms. The monoisotopic (exact) mass is 473 g/mol. The number of carboxylic acid groups (broad SMARTS) is 1. The molecule has 0 radical (unpaired) electrons. The molecule has 10 nitrogen and oxygen atoms in total. The molecule has 0 aliphatic carbocycles. The molecule has 168 valence electrons. The molecule has 0 aliphatic heterocycles. The van der Waals surface area contributed by atoms with Crippen LogP contribution in [0.3, 0.4) is 0 Å². The number of aromatic carboxylic acids is 1. The lowest BCUT2D eigenvalue weighted by molar-refractivity contribution is 0.0690. The number of halogens is 2. The summed E-state index contributed by atoms with van der Waals surface area (Å²) in [5.41, 5.74) is -0.791. The van der Waals surface area contributed by atoms with Crippen molar-refractivity contribution in [1.82, 2.24) is 20.2 Å². The molecule has 3 aromatic heterocycles. The van der Waals surface area contributed by atoms with Crippen molar-refractivity contribution in [2.24, 2.45) is 0 Å². The molecule has 3 heterocycles. The van der Waals surface area contributed by atoms with Crippen molar-refractivity contribution >= 4 is 38.5 Å². The number of carboxylic acids is 1. The Balaban J connectivity index is 1.78. The molecular weight excluding hydrogens is 460 g/mol. The van der Waals surface area contributed by atoms with Gasteiger partial charge < -0.3 is 5.11 Å². The van der Waals surface area contributed by atoms with E-state index in [1.54, 1.807) is 4.72 Å². The van der Waals surface area contributed by atoms with Gasteiger partial charge in [-0.1, -0.05) is 6.07 Å². The fraction of sp³-hybridized carbons (Fsp3) is 0.0500. The van der Waals surface area contributed by atoms with Gasteiger partial charge in [-0.05, 0) is 24.3 Å². The third kappa shape index (κ3) is 4.25. The average Bonchev–Trinajstić information content (AvgIpc) is 3.19. The second-order valence-electron chi connectivity index (χ2n) is 6.92. The summed E-state index contributed by atoms with van der Waals surface area (Å²) in [7, 11) is -4.01. The molecule has 3 N–H and O–H groups in total. The van der Waals surface area contributed by atoms with Crippen LogP contribution in [0.25, 0.3) is 22.2 Å². The van der Waals surface area contributed by atoms with Crippen molar-refractivity contribution in [3.05, 3.63) is 71.3 Å². The van der Waals surface area contributed by atoms with Gasteiger partial charge in [0.2, 0.25) is 15.8 Å². The standard InChI is InChI=1S/C20H13F2N5O5S/c1-33(31,32)27-17-13(21)4-3-11(15(17)22)18(28)16-12-6-10(8-24-19(12)26-25-16)9-2-5-14(20(29)30)23-7-9/h2-8,27H,1H3,(H,29,30)(H,24,25,26). The number of ketones is 1. The third-order valence-electron chi connectivity index (χ3n) is 4.57. The first-order valence-electron chi connectivity index (χ1n) is 9.09. The van der Waals surface area contributed by atoms with Crippen LogP contribution in [-0.2, 0) is 10.0 Å². The average molecular weight is 473 g/mol. The van der Waals surface area contributed by atoms with E-state index < -0.39 is 44.7 Å². The first kappa shape index (κ1) is 22.0. The molecule has 0 saturated carbocycles. The summed E-state index contributed by atoms with van der Waals surface area (Å²) in [5, 5.41) is 15.6. The van der Waals surface area contributed by atoms with Gasteiger partial charge in [0.25, 0.3) is 0 Å². The third-order valence-corrected chi connectivity index (χ3v) is 5.15. The van der Waals surface area contributed by atoms with Crippen LogP contribution >= 0.6 is 0 Å². The van der Waals surface area contributed by atoms with Crippen molar-refractivity contribution in [2.75, 3.05) is 11.0 Å². The van der Waals surface area contributed by atoms with Gasteiger partial charge in [-0.3, -0.25) is 14.6 Å². The number of carbonyl (C=O) groups excluding carboxylic acids is 1. The molecule has 0 saturated heterocycles. The molecule has 0 fully saturated rings. The second-order valence-corrected chi connectivity index (χ2v) is 8.67. The Morgan fingerprint density at radius 3 is 2.42 bits per heavy atom.